The molecule has 1 unspecified atom stereocenters. The van der Waals surface area contributed by atoms with Crippen LogP contribution < -0.4 is 5.73 Å². The summed E-state index contributed by atoms with van der Waals surface area (Å²) in [4.78, 5) is 4.61. The van der Waals surface area contributed by atoms with Crippen molar-refractivity contribution in [2.75, 3.05) is 0 Å². The summed E-state index contributed by atoms with van der Waals surface area (Å²) in [5.74, 6) is 1.40. The van der Waals surface area contributed by atoms with Crippen molar-refractivity contribution in [1.29, 1.82) is 0 Å². The summed E-state index contributed by atoms with van der Waals surface area (Å²) in [5.41, 5.74) is 9.92. The number of rotatable bonds is 14. The Morgan fingerprint density at radius 2 is 1.59 bits per heavy atom. The summed E-state index contributed by atoms with van der Waals surface area (Å²) >= 11 is 1.78. The number of benzene rings is 2. The van der Waals surface area contributed by atoms with Gasteiger partial charge < -0.3 is 10.3 Å². The second kappa shape index (κ2) is 12.8. The number of hydrogen-bond acceptors (Lipinski definition) is 5. The minimum atomic E-state index is -0.0445. The van der Waals surface area contributed by atoms with Crippen LogP contribution >= 0.6 is 11.3 Å². The third-order valence-corrected chi connectivity index (χ3v) is 7.57. The van der Waals surface area contributed by atoms with Crippen LogP contribution in [0.5, 0.6) is 0 Å². The minimum Gasteiger partial charge on any atom is -0.334 e. The van der Waals surface area contributed by atoms with Crippen LogP contribution in [0.3, 0.4) is 0 Å². The molecule has 0 radical (unpaired) electrons. The predicted molar refractivity (Wildman–Crippen MR) is 143 cm³/mol. The van der Waals surface area contributed by atoms with Gasteiger partial charge in [0.1, 0.15) is 0 Å². The number of aryl methyl sites for hydroxylation is 1. The molecule has 0 aliphatic carbocycles. The lowest BCUT2D eigenvalue weighted by Crippen LogP contribution is -2.13. The highest BCUT2D eigenvalue weighted by molar-refractivity contribution is 7.17. The van der Waals surface area contributed by atoms with Crippen molar-refractivity contribution < 1.29 is 4.52 Å². The maximum Gasteiger partial charge on any atom is 0.257 e. The van der Waals surface area contributed by atoms with Crippen molar-refractivity contribution >= 4 is 21.4 Å². The van der Waals surface area contributed by atoms with Gasteiger partial charge in [0.2, 0.25) is 0 Å². The summed E-state index contributed by atoms with van der Waals surface area (Å²) in [6.07, 6.45) is 13.6. The lowest BCUT2D eigenvalue weighted by atomic mass is 9.98. The fourth-order valence-electron chi connectivity index (χ4n) is 4.49. The van der Waals surface area contributed by atoms with Crippen molar-refractivity contribution in [2.24, 2.45) is 5.73 Å². The molecule has 2 aromatic carbocycles. The van der Waals surface area contributed by atoms with Crippen LogP contribution in [0, 0.1) is 0 Å². The average molecular weight is 476 g/mol. The molecular formula is C29H37N3OS. The summed E-state index contributed by atoms with van der Waals surface area (Å²) in [7, 11) is 0. The van der Waals surface area contributed by atoms with Crippen LogP contribution in [-0.2, 0) is 12.8 Å². The Labute approximate surface area is 207 Å². The number of nitrogens with two attached hydrogens (primary N) is 1. The van der Waals surface area contributed by atoms with Crippen molar-refractivity contribution in [1.82, 2.24) is 10.1 Å². The van der Waals surface area contributed by atoms with E-state index in [1.807, 2.05) is 12.1 Å². The maximum absolute atomic E-state index is 6.54. The number of fused-ring (bicyclic) bond motifs is 1. The summed E-state index contributed by atoms with van der Waals surface area (Å²) < 4.78 is 6.84. The topological polar surface area (TPSA) is 64.9 Å². The fourth-order valence-corrected chi connectivity index (χ4v) is 5.46. The van der Waals surface area contributed by atoms with Gasteiger partial charge >= 0.3 is 0 Å². The van der Waals surface area contributed by atoms with Gasteiger partial charge in [0, 0.05) is 22.7 Å². The molecule has 2 aromatic heterocycles. The van der Waals surface area contributed by atoms with Crippen LogP contribution in [0.2, 0.25) is 0 Å². The zero-order chi connectivity index (χ0) is 23.6. The number of aromatic nitrogens is 2. The van der Waals surface area contributed by atoms with Gasteiger partial charge in [-0.15, -0.1) is 11.3 Å². The van der Waals surface area contributed by atoms with Gasteiger partial charge in [0.15, 0.2) is 5.82 Å². The Bertz CT molecular complexity index is 1130. The standard InChI is InChI=1S/C29H37N3OS/c1-2-3-4-5-6-7-8-9-10-15-28-31-29(33-32-28)23-18-16-22(17-19-23)26(30)20-24-21-34-27-14-12-11-13-25(24)27/h11-14,16-19,21,26H,2-10,15,20,30H2,1H3. The molecule has 34 heavy (non-hydrogen) atoms. The molecule has 2 heterocycles. The first-order valence-corrected chi connectivity index (χ1v) is 13.8. The van der Waals surface area contributed by atoms with Gasteiger partial charge in [-0.25, -0.2) is 0 Å². The van der Waals surface area contributed by atoms with Gasteiger partial charge in [-0.1, -0.05) is 93.8 Å². The Morgan fingerprint density at radius 1 is 0.882 bits per heavy atom. The molecule has 0 aliphatic heterocycles. The number of nitrogens with zero attached hydrogens (tertiary/aromatic N) is 2. The molecule has 180 valence electrons. The summed E-state index contributed by atoms with van der Waals surface area (Å²) in [5, 5.41) is 7.73. The predicted octanol–water partition coefficient (Wildman–Crippen LogP) is 8.27. The van der Waals surface area contributed by atoms with Gasteiger partial charge in [0.25, 0.3) is 5.89 Å². The zero-order valence-corrected chi connectivity index (χ0v) is 21.2. The minimum absolute atomic E-state index is 0.0445. The van der Waals surface area contributed by atoms with E-state index in [9.17, 15) is 0 Å². The average Bonchev–Trinajstić information content (AvgIpc) is 3.51. The lowest BCUT2D eigenvalue weighted by molar-refractivity contribution is 0.421. The summed E-state index contributed by atoms with van der Waals surface area (Å²) in [6.45, 7) is 2.27. The second-order valence-corrected chi connectivity index (χ2v) is 10.2. The zero-order valence-electron chi connectivity index (χ0n) is 20.3. The van der Waals surface area contributed by atoms with Gasteiger partial charge in [-0.3, -0.25) is 0 Å². The van der Waals surface area contributed by atoms with Gasteiger partial charge in [0.05, 0.1) is 0 Å². The van der Waals surface area contributed by atoms with Crippen molar-refractivity contribution in [3.8, 4) is 11.5 Å². The van der Waals surface area contributed by atoms with Crippen molar-refractivity contribution in [3.63, 3.8) is 0 Å². The van der Waals surface area contributed by atoms with Crippen LogP contribution in [-0.4, -0.2) is 10.1 Å². The van der Waals surface area contributed by atoms with Crippen LogP contribution in [0.15, 0.2) is 58.4 Å². The quantitative estimate of drug-likeness (QED) is 0.186. The van der Waals surface area contributed by atoms with Crippen molar-refractivity contribution in [2.45, 2.75) is 83.6 Å². The highest BCUT2D eigenvalue weighted by Gasteiger charge is 2.13. The molecule has 4 rings (SSSR count). The number of thiophene rings is 1. The highest BCUT2D eigenvalue weighted by atomic mass is 32.1. The molecule has 0 amide bonds. The normalized spacial score (nSPS) is 12.4. The van der Waals surface area contributed by atoms with Crippen LogP contribution in [0.25, 0.3) is 21.5 Å². The highest BCUT2D eigenvalue weighted by Crippen LogP contribution is 2.29. The molecule has 4 nitrogen and oxygen atoms in total. The molecule has 0 fully saturated rings. The first kappa shape index (κ1) is 24.6. The van der Waals surface area contributed by atoms with Gasteiger partial charge in [-0.2, -0.15) is 4.98 Å². The van der Waals surface area contributed by atoms with E-state index in [1.165, 1.54) is 67.0 Å². The van der Waals surface area contributed by atoms with E-state index in [4.69, 9.17) is 10.3 Å². The van der Waals surface area contributed by atoms with E-state index in [0.29, 0.717) is 5.89 Å². The van der Waals surface area contributed by atoms with E-state index in [1.54, 1.807) is 11.3 Å². The SMILES string of the molecule is CCCCCCCCCCCc1noc(-c2ccc(C(N)Cc3csc4ccccc34)cc2)n1. The molecule has 2 N–H and O–H groups in total. The van der Waals surface area contributed by atoms with E-state index >= 15 is 0 Å². The summed E-state index contributed by atoms with van der Waals surface area (Å²) in [6, 6.07) is 16.7. The Kier molecular flexibility index (Phi) is 9.28. The van der Waals surface area contributed by atoms with E-state index in [-0.39, 0.29) is 6.04 Å². The lowest BCUT2D eigenvalue weighted by Gasteiger charge is -2.12. The van der Waals surface area contributed by atoms with Crippen molar-refractivity contribution in [3.05, 3.63) is 70.9 Å². The molecule has 0 aliphatic rings. The Morgan fingerprint density at radius 3 is 2.35 bits per heavy atom. The molecule has 0 spiro atoms. The Hall–Kier alpha value is -2.50. The third kappa shape index (κ3) is 6.77. The molecule has 5 heteroatoms. The fraction of sp³-hybridized carbons (Fsp3) is 0.448. The molecular weight excluding hydrogens is 438 g/mol. The molecule has 4 aromatic rings. The molecule has 0 bridgehead atoms. The van der Waals surface area contributed by atoms with Crippen LogP contribution in [0.4, 0.5) is 0 Å². The molecule has 0 saturated heterocycles. The first-order chi connectivity index (χ1) is 16.7. The molecule has 1 atom stereocenters. The van der Waals surface area contributed by atoms with E-state index in [2.05, 4.69) is 58.8 Å². The molecule has 0 saturated carbocycles. The third-order valence-electron chi connectivity index (χ3n) is 6.56. The second-order valence-electron chi connectivity index (χ2n) is 9.28. The maximum atomic E-state index is 6.54. The first-order valence-electron chi connectivity index (χ1n) is 12.9. The van der Waals surface area contributed by atoms with Gasteiger partial charge in [-0.05, 0) is 52.9 Å². The van der Waals surface area contributed by atoms with Crippen LogP contribution in [0.1, 0.15) is 87.7 Å². The Balaban J connectivity index is 1.23. The number of unbranched alkanes of at least 4 members (excludes halogenated alkanes) is 8. The smallest absolute Gasteiger partial charge is 0.257 e. The van der Waals surface area contributed by atoms with E-state index < -0.39 is 0 Å². The monoisotopic (exact) mass is 475 g/mol. The van der Waals surface area contributed by atoms with E-state index in [0.717, 1.165) is 36.2 Å². The largest absolute Gasteiger partial charge is 0.334 e. The number of hydrogen-bond donors (Lipinski definition) is 1.